The van der Waals surface area contributed by atoms with Crippen LogP contribution >= 0.6 is 12.2 Å². The van der Waals surface area contributed by atoms with E-state index in [9.17, 15) is 0 Å². The maximum atomic E-state index is 5.87. The second kappa shape index (κ2) is 7.99. The highest BCUT2D eigenvalue weighted by atomic mass is 32.1. The van der Waals surface area contributed by atoms with Crippen LogP contribution in [0.15, 0.2) is 41.5 Å². The molecule has 1 N–H and O–H groups in total. The lowest BCUT2D eigenvalue weighted by Crippen LogP contribution is -2.10. The van der Waals surface area contributed by atoms with Crippen LogP contribution in [-0.4, -0.2) is 21.1 Å². The number of aromatic nitrogens is 3. The van der Waals surface area contributed by atoms with E-state index in [1.165, 1.54) is 5.56 Å². The van der Waals surface area contributed by atoms with Crippen molar-refractivity contribution in [1.82, 2.24) is 14.9 Å². The van der Waals surface area contributed by atoms with Crippen LogP contribution in [0.5, 0.6) is 5.75 Å². The SMILES string of the molecule is CC(C)(C)c1ccc(OCc2n[nH]c(=S)n2/N=C\[C@@H]2CC=CCC2)cc1. The summed E-state index contributed by atoms with van der Waals surface area (Å²) in [6, 6.07) is 8.18. The van der Waals surface area contributed by atoms with Gasteiger partial charge in [-0.25, -0.2) is 5.10 Å². The van der Waals surface area contributed by atoms with Gasteiger partial charge in [0.1, 0.15) is 12.4 Å². The normalized spacial score (nSPS) is 17.7. The Bertz CT molecular complexity index is 840. The molecular weight excluding hydrogens is 344 g/mol. The zero-order chi connectivity index (χ0) is 18.6. The van der Waals surface area contributed by atoms with Crippen molar-refractivity contribution in [2.45, 2.75) is 52.1 Å². The maximum absolute atomic E-state index is 5.87. The van der Waals surface area contributed by atoms with Crippen LogP contribution < -0.4 is 4.74 Å². The predicted molar refractivity (Wildman–Crippen MR) is 107 cm³/mol. The van der Waals surface area contributed by atoms with Crippen LogP contribution in [0.2, 0.25) is 0 Å². The molecule has 6 heteroatoms. The molecule has 1 heterocycles. The number of allylic oxidation sites excluding steroid dienone is 2. The van der Waals surface area contributed by atoms with E-state index in [0.29, 0.717) is 23.1 Å². The first kappa shape index (κ1) is 18.6. The fourth-order valence-corrected chi connectivity index (χ4v) is 3.05. The van der Waals surface area contributed by atoms with Crippen molar-refractivity contribution < 1.29 is 4.74 Å². The maximum Gasteiger partial charge on any atom is 0.216 e. The third-order valence-corrected chi connectivity index (χ3v) is 4.77. The largest absolute Gasteiger partial charge is 0.486 e. The minimum Gasteiger partial charge on any atom is -0.486 e. The summed E-state index contributed by atoms with van der Waals surface area (Å²) >= 11 is 5.29. The lowest BCUT2D eigenvalue weighted by Gasteiger charge is -2.19. The molecule has 5 nitrogen and oxygen atoms in total. The Kier molecular flexibility index (Phi) is 5.71. The summed E-state index contributed by atoms with van der Waals surface area (Å²) in [5.41, 5.74) is 1.41. The van der Waals surface area contributed by atoms with Crippen LogP contribution in [0.4, 0.5) is 0 Å². The molecule has 1 aliphatic carbocycles. The van der Waals surface area contributed by atoms with Gasteiger partial charge in [0.15, 0.2) is 5.82 Å². The quantitative estimate of drug-likeness (QED) is 0.457. The number of rotatable bonds is 5. The number of hydrogen-bond donors (Lipinski definition) is 1. The number of nitrogens with one attached hydrogen (secondary N) is 1. The number of nitrogens with zero attached hydrogens (tertiary/aromatic N) is 3. The zero-order valence-corrected chi connectivity index (χ0v) is 16.4. The van der Waals surface area contributed by atoms with Crippen molar-refractivity contribution in [3.63, 3.8) is 0 Å². The van der Waals surface area contributed by atoms with E-state index < -0.39 is 0 Å². The van der Waals surface area contributed by atoms with Crippen LogP contribution in [0.25, 0.3) is 0 Å². The topological polar surface area (TPSA) is 55.2 Å². The van der Waals surface area contributed by atoms with Gasteiger partial charge in [-0.3, -0.25) is 0 Å². The third-order valence-electron chi connectivity index (χ3n) is 4.51. The van der Waals surface area contributed by atoms with Gasteiger partial charge in [0.05, 0.1) is 0 Å². The van der Waals surface area contributed by atoms with Crippen LogP contribution in [0.1, 0.15) is 51.4 Å². The van der Waals surface area contributed by atoms with Gasteiger partial charge in [-0.2, -0.15) is 14.9 Å². The highest BCUT2D eigenvalue weighted by molar-refractivity contribution is 7.71. The van der Waals surface area contributed by atoms with Gasteiger partial charge < -0.3 is 4.74 Å². The summed E-state index contributed by atoms with van der Waals surface area (Å²) in [4.78, 5) is 0. The molecular formula is C20H26N4OS. The first-order chi connectivity index (χ1) is 12.4. The number of benzene rings is 1. The monoisotopic (exact) mass is 370 g/mol. The average molecular weight is 371 g/mol. The van der Waals surface area contributed by atoms with Crippen LogP contribution in [0, 0.1) is 10.7 Å². The molecule has 0 saturated carbocycles. The van der Waals surface area contributed by atoms with Crippen LogP contribution in [0.3, 0.4) is 0 Å². The molecule has 26 heavy (non-hydrogen) atoms. The van der Waals surface area contributed by atoms with Gasteiger partial charge >= 0.3 is 0 Å². The van der Waals surface area contributed by atoms with Gasteiger partial charge in [-0.05, 0) is 60.5 Å². The smallest absolute Gasteiger partial charge is 0.216 e. The predicted octanol–water partition coefficient (Wildman–Crippen LogP) is 5.01. The highest BCUT2D eigenvalue weighted by Crippen LogP contribution is 2.24. The van der Waals surface area contributed by atoms with Crippen molar-refractivity contribution in [2.75, 3.05) is 0 Å². The lowest BCUT2D eigenvalue weighted by molar-refractivity contribution is 0.290. The molecule has 1 aromatic heterocycles. The summed E-state index contributed by atoms with van der Waals surface area (Å²) in [7, 11) is 0. The minimum absolute atomic E-state index is 0.129. The Morgan fingerprint density at radius 3 is 2.73 bits per heavy atom. The van der Waals surface area contributed by atoms with E-state index in [2.05, 4.69) is 60.4 Å². The number of aromatic amines is 1. The van der Waals surface area contributed by atoms with E-state index in [4.69, 9.17) is 17.0 Å². The van der Waals surface area contributed by atoms with E-state index in [1.807, 2.05) is 18.3 Å². The van der Waals surface area contributed by atoms with Gasteiger partial charge in [0.25, 0.3) is 0 Å². The van der Waals surface area contributed by atoms with E-state index in [0.717, 1.165) is 25.0 Å². The van der Waals surface area contributed by atoms with Crippen molar-refractivity contribution in [1.29, 1.82) is 0 Å². The van der Waals surface area contributed by atoms with Crippen molar-refractivity contribution in [3.8, 4) is 5.75 Å². The van der Waals surface area contributed by atoms with Gasteiger partial charge in [0, 0.05) is 6.21 Å². The minimum atomic E-state index is 0.129. The molecule has 1 aromatic carbocycles. The van der Waals surface area contributed by atoms with Crippen molar-refractivity contribution >= 4 is 18.4 Å². The Morgan fingerprint density at radius 2 is 2.08 bits per heavy atom. The Balaban J connectivity index is 1.66. The Morgan fingerprint density at radius 1 is 1.31 bits per heavy atom. The summed E-state index contributed by atoms with van der Waals surface area (Å²) in [5.74, 6) is 1.92. The summed E-state index contributed by atoms with van der Waals surface area (Å²) < 4.78 is 8.00. The second-order valence-electron chi connectivity index (χ2n) is 7.63. The molecule has 1 aliphatic rings. The van der Waals surface area contributed by atoms with Gasteiger partial charge in [0.2, 0.25) is 4.77 Å². The first-order valence-corrected chi connectivity index (χ1v) is 9.43. The van der Waals surface area contributed by atoms with Gasteiger partial charge in [-0.15, -0.1) is 0 Å². The molecule has 2 aromatic rings. The van der Waals surface area contributed by atoms with Crippen molar-refractivity contribution in [2.24, 2.45) is 11.0 Å². The molecule has 0 radical (unpaired) electrons. The standard InChI is InChI=1S/C20H26N4OS/c1-20(2,3)16-9-11-17(12-10-16)25-14-18-22-23-19(26)24(18)21-13-15-7-5-4-6-8-15/h4-5,9-13,15H,6-8,14H2,1-3H3,(H,23,26)/b21-13-/t15-/m1/s1. The molecule has 0 fully saturated rings. The number of H-pyrrole nitrogens is 1. The van der Waals surface area contributed by atoms with Gasteiger partial charge in [-0.1, -0.05) is 45.1 Å². The Labute approximate surface area is 159 Å². The average Bonchev–Trinajstić information content (AvgIpc) is 2.98. The molecule has 0 saturated heterocycles. The highest BCUT2D eigenvalue weighted by Gasteiger charge is 2.13. The van der Waals surface area contributed by atoms with Crippen LogP contribution in [-0.2, 0) is 12.0 Å². The summed E-state index contributed by atoms with van der Waals surface area (Å²) in [6.07, 6.45) is 9.65. The molecule has 0 amide bonds. The van der Waals surface area contributed by atoms with E-state index in [-0.39, 0.29) is 5.41 Å². The molecule has 0 unspecified atom stereocenters. The zero-order valence-electron chi connectivity index (χ0n) is 15.6. The Hall–Kier alpha value is -2.21. The van der Waals surface area contributed by atoms with E-state index in [1.54, 1.807) is 4.68 Å². The molecule has 138 valence electrons. The summed E-state index contributed by atoms with van der Waals surface area (Å²) in [5, 5.41) is 11.6. The van der Waals surface area contributed by atoms with E-state index >= 15 is 0 Å². The molecule has 3 rings (SSSR count). The molecule has 0 bridgehead atoms. The third kappa shape index (κ3) is 4.69. The fraction of sp³-hybridized carbons (Fsp3) is 0.450. The fourth-order valence-electron chi connectivity index (χ4n) is 2.85. The lowest BCUT2D eigenvalue weighted by atomic mass is 9.87. The number of hydrogen-bond acceptors (Lipinski definition) is 4. The first-order valence-electron chi connectivity index (χ1n) is 9.02. The molecule has 1 atom stereocenters. The molecule has 0 spiro atoms. The molecule has 0 aliphatic heterocycles. The summed E-state index contributed by atoms with van der Waals surface area (Å²) in [6.45, 7) is 6.89. The van der Waals surface area contributed by atoms with Crippen molar-refractivity contribution in [3.05, 3.63) is 52.6 Å². The number of ether oxygens (including phenoxy) is 1. The second-order valence-corrected chi connectivity index (χ2v) is 8.02.